The molecule has 0 saturated heterocycles. The maximum absolute atomic E-state index is 12.4. The molecule has 0 spiro atoms. The average molecular weight is 343 g/mol. The van der Waals surface area contributed by atoms with Crippen LogP contribution in [0.25, 0.3) is 11.0 Å². The molecule has 0 atom stereocenters. The summed E-state index contributed by atoms with van der Waals surface area (Å²) >= 11 is 0. The third kappa shape index (κ3) is 3.16. The summed E-state index contributed by atoms with van der Waals surface area (Å²) in [6, 6.07) is 12.5. The third-order valence-corrected chi connectivity index (χ3v) is 5.29. The lowest BCUT2D eigenvalue weighted by molar-refractivity contribution is -0.113. The predicted molar refractivity (Wildman–Crippen MR) is 92.7 cm³/mol. The van der Waals surface area contributed by atoms with Gasteiger partial charge >= 0.3 is 0 Å². The maximum Gasteiger partial charge on any atom is 0.240 e. The molecule has 3 aromatic rings. The van der Waals surface area contributed by atoms with Crippen molar-refractivity contribution in [2.45, 2.75) is 19.0 Å². The van der Waals surface area contributed by atoms with Crippen molar-refractivity contribution in [3.05, 3.63) is 53.6 Å². The summed E-state index contributed by atoms with van der Waals surface area (Å²) in [5, 5.41) is 2.46. The fraction of sp³-hybridized carbons (Fsp3) is 0.176. The zero-order chi connectivity index (χ0) is 17.3. The van der Waals surface area contributed by atoms with Gasteiger partial charge in [-0.3, -0.25) is 4.79 Å². The number of carbonyl (C=O) groups excluding carboxylic acids is 1. The van der Waals surface area contributed by atoms with Crippen LogP contribution in [0.15, 0.2) is 47.6 Å². The summed E-state index contributed by atoms with van der Waals surface area (Å²) in [4.78, 5) is 18.9. The van der Waals surface area contributed by atoms with Crippen molar-refractivity contribution in [3.63, 3.8) is 0 Å². The van der Waals surface area contributed by atoms with Gasteiger partial charge in [0.25, 0.3) is 0 Å². The molecule has 24 heavy (non-hydrogen) atoms. The van der Waals surface area contributed by atoms with Gasteiger partial charge in [-0.2, -0.15) is 0 Å². The van der Waals surface area contributed by atoms with E-state index in [4.69, 9.17) is 0 Å². The van der Waals surface area contributed by atoms with Gasteiger partial charge < -0.3 is 10.3 Å². The Morgan fingerprint density at radius 1 is 1.12 bits per heavy atom. The Morgan fingerprint density at radius 3 is 2.62 bits per heavy atom. The van der Waals surface area contributed by atoms with Crippen molar-refractivity contribution >= 4 is 32.5 Å². The number of benzene rings is 2. The van der Waals surface area contributed by atoms with Crippen molar-refractivity contribution in [2.75, 3.05) is 11.1 Å². The smallest absolute Gasteiger partial charge is 0.240 e. The molecule has 1 heterocycles. The van der Waals surface area contributed by atoms with Crippen LogP contribution in [-0.4, -0.2) is 30.0 Å². The van der Waals surface area contributed by atoms with Crippen LogP contribution in [0.3, 0.4) is 0 Å². The van der Waals surface area contributed by atoms with Crippen molar-refractivity contribution in [2.24, 2.45) is 0 Å². The van der Waals surface area contributed by atoms with E-state index in [9.17, 15) is 13.2 Å². The zero-order valence-electron chi connectivity index (χ0n) is 13.3. The molecule has 3 rings (SSSR count). The first-order valence-corrected chi connectivity index (χ1v) is 9.05. The number of anilines is 1. The highest BCUT2D eigenvalue weighted by atomic mass is 32.2. The number of aryl methyl sites for hydroxylation is 1. The molecule has 1 aromatic heterocycles. The number of sulfone groups is 1. The molecule has 0 aliphatic rings. The van der Waals surface area contributed by atoms with Gasteiger partial charge in [0, 0.05) is 5.69 Å². The molecule has 124 valence electrons. The minimum absolute atomic E-state index is 0.195. The standard InChI is InChI=1S/C17H17N3O3S/c1-11-6-5-9-13(12(11)2)18-16(21)10-24(22,23)17-19-14-7-3-4-8-15(14)20-17/h3-9H,10H2,1-2H3,(H,18,21)(H,19,20). The summed E-state index contributed by atoms with van der Waals surface area (Å²) in [6.07, 6.45) is 0. The van der Waals surface area contributed by atoms with E-state index in [1.54, 1.807) is 30.3 Å². The fourth-order valence-corrected chi connectivity index (χ4v) is 3.45. The van der Waals surface area contributed by atoms with Gasteiger partial charge in [0.2, 0.25) is 20.9 Å². The topological polar surface area (TPSA) is 91.9 Å². The van der Waals surface area contributed by atoms with Crippen LogP contribution in [-0.2, 0) is 14.6 Å². The van der Waals surface area contributed by atoms with Crippen LogP contribution in [0.2, 0.25) is 0 Å². The van der Waals surface area contributed by atoms with Crippen molar-refractivity contribution in [3.8, 4) is 0 Å². The normalized spacial score (nSPS) is 11.6. The minimum Gasteiger partial charge on any atom is -0.329 e. The SMILES string of the molecule is Cc1cccc(NC(=O)CS(=O)(=O)c2nc3ccccc3[nH]2)c1C. The minimum atomic E-state index is -3.84. The number of para-hydroxylation sites is 2. The quantitative estimate of drug-likeness (QED) is 0.761. The van der Waals surface area contributed by atoms with Crippen molar-refractivity contribution in [1.29, 1.82) is 0 Å². The Labute approximate surface area is 139 Å². The first-order valence-electron chi connectivity index (χ1n) is 7.40. The van der Waals surface area contributed by atoms with Gasteiger partial charge in [-0.1, -0.05) is 24.3 Å². The van der Waals surface area contributed by atoms with Crippen LogP contribution >= 0.6 is 0 Å². The molecule has 1 amide bonds. The first kappa shape index (κ1) is 16.2. The van der Waals surface area contributed by atoms with E-state index in [-0.39, 0.29) is 5.16 Å². The molecule has 2 N–H and O–H groups in total. The molecule has 0 fully saturated rings. The van der Waals surface area contributed by atoms with E-state index in [0.717, 1.165) is 11.1 Å². The Bertz CT molecular complexity index is 989. The number of imidazole rings is 1. The van der Waals surface area contributed by atoms with Gasteiger partial charge in [-0.05, 0) is 43.2 Å². The van der Waals surface area contributed by atoms with E-state index in [1.165, 1.54) is 0 Å². The highest BCUT2D eigenvalue weighted by Crippen LogP contribution is 2.19. The molecule has 0 saturated carbocycles. The van der Waals surface area contributed by atoms with Gasteiger partial charge in [0.05, 0.1) is 11.0 Å². The number of hydrogen-bond donors (Lipinski definition) is 2. The summed E-state index contributed by atoms with van der Waals surface area (Å²) in [7, 11) is -3.84. The number of carbonyl (C=O) groups is 1. The molecular weight excluding hydrogens is 326 g/mol. The summed E-state index contributed by atoms with van der Waals surface area (Å²) in [6.45, 7) is 3.80. The van der Waals surface area contributed by atoms with E-state index in [1.807, 2.05) is 26.0 Å². The highest BCUT2D eigenvalue weighted by Gasteiger charge is 2.23. The summed E-state index contributed by atoms with van der Waals surface area (Å²) in [5.74, 6) is -1.26. The van der Waals surface area contributed by atoms with Crippen molar-refractivity contribution < 1.29 is 13.2 Å². The highest BCUT2D eigenvalue weighted by molar-refractivity contribution is 7.92. The number of hydrogen-bond acceptors (Lipinski definition) is 4. The number of nitrogens with zero attached hydrogens (tertiary/aromatic N) is 1. The molecule has 0 unspecified atom stereocenters. The van der Waals surface area contributed by atoms with E-state index in [2.05, 4.69) is 15.3 Å². The molecule has 6 nitrogen and oxygen atoms in total. The van der Waals surface area contributed by atoms with Gasteiger partial charge in [0.15, 0.2) is 0 Å². The summed E-state index contributed by atoms with van der Waals surface area (Å²) in [5.41, 5.74) is 3.71. The fourth-order valence-electron chi connectivity index (χ4n) is 2.39. The second-order valence-electron chi connectivity index (χ2n) is 5.61. The molecule has 0 aliphatic carbocycles. The van der Waals surface area contributed by atoms with E-state index < -0.39 is 21.5 Å². The van der Waals surface area contributed by atoms with Crippen LogP contribution in [0, 0.1) is 13.8 Å². The lowest BCUT2D eigenvalue weighted by atomic mass is 10.1. The monoisotopic (exact) mass is 343 g/mol. The van der Waals surface area contributed by atoms with Gasteiger partial charge in [-0.15, -0.1) is 0 Å². The largest absolute Gasteiger partial charge is 0.329 e. The van der Waals surface area contributed by atoms with E-state index in [0.29, 0.717) is 16.7 Å². The number of fused-ring (bicyclic) bond motifs is 1. The lowest BCUT2D eigenvalue weighted by Gasteiger charge is -2.10. The average Bonchev–Trinajstić information content (AvgIpc) is 2.96. The van der Waals surface area contributed by atoms with Crippen LogP contribution < -0.4 is 5.32 Å². The van der Waals surface area contributed by atoms with Crippen LogP contribution in [0.1, 0.15) is 11.1 Å². The van der Waals surface area contributed by atoms with Gasteiger partial charge in [-0.25, -0.2) is 13.4 Å². The van der Waals surface area contributed by atoms with Crippen LogP contribution in [0.4, 0.5) is 5.69 Å². The molecule has 2 aromatic carbocycles. The summed E-state index contributed by atoms with van der Waals surface area (Å²) < 4.78 is 24.8. The Morgan fingerprint density at radius 2 is 1.88 bits per heavy atom. The molecule has 0 bridgehead atoms. The second kappa shape index (κ2) is 6.09. The predicted octanol–water partition coefficient (Wildman–Crippen LogP) is 2.59. The van der Waals surface area contributed by atoms with Crippen molar-refractivity contribution in [1.82, 2.24) is 9.97 Å². The van der Waals surface area contributed by atoms with Gasteiger partial charge in [0.1, 0.15) is 5.75 Å². The maximum atomic E-state index is 12.4. The molecular formula is C17H17N3O3S. The van der Waals surface area contributed by atoms with Crippen LogP contribution in [0.5, 0.6) is 0 Å². The Balaban J connectivity index is 1.81. The second-order valence-corrected chi connectivity index (χ2v) is 7.52. The Kier molecular flexibility index (Phi) is 4.11. The first-order chi connectivity index (χ1) is 11.4. The number of amides is 1. The molecule has 0 radical (unpaired) electrons. The number of rotatable bonds is 4. The number of aromatic amines is 1. The molecule has 0 aliphatic heterocycles. The number of aromatic nitrogens is 2. The number of nitrogens with one attached hydrogen (secondary N) is 2. The number of H-pyrrole nitrogens is 1. The zero-order valence-corrected chi connectivity index (χ0v) is 14.1. The van der Waals surface area contributed by atoms with E-state index >= 15 is 0 Å². The lowest BCUT2D eigenvalue weighted by Crippen LogP contribution is -2.24. The molecule has 7 heteroatoms. The third-order valence-electron chi connectivity index (χ3n) is 3.86. The Hall–Kier alpha value is -2.67.